The van der Waals surface area contributed by atoms with Crippen molar-refractivity contribution in [3.05, 3.63) is 18.2 Å². The molecule has 20 heavy (non-hydrogen) atoms. The third-order valence-electron chi connectivity index (χ3n) is 4.48. The third kappa shape index (κ3) is 3.81. The first-order chi connectivity index (χ1) is 9.67. The molecular formula is C17H28N2O. The molecule has 0 aromatic heterocycles. The molecule has 3 N–H and O–H groups in total. The van der Waals surface area contributed by atoms with E-state index >= 15 is 0 Å². The predicted molar refractivity (Wildman–Crippen MR) is 86.3 cm³/mol. The van der Waals surface area contributed by atoms with Gasteiger partial charge in [-0.25, -0.2) is 0 Å². The van der Waals surface area contributed by atoms with Crippen LogP contribution < -0.4 is 15.8 Å². The molecule has 0 unspecified atom stereocenters. The lowest BCUT2D eigenvalue weighted by molar-refractivity contribution is 0.306. The fourth-order valence-electron chi connectivity index (χ4n) is 3.10. The zero-order valence-electron chi connectivity index (χ0n) is 12.9. The first-order valence-corrected chi connectivity index (χ1v) is 7.95. The molecular weight excluding hydrogens is 248 g/mol. The second-order valence-corrected chi connectivity index (χ2v) is 6.05. The van der Waals surface area contributed by atoms with Crippen molar-refractivity contribution in [2.45, 2.75) is 52.4 Å². The predicted octanol–water partition coefficient (Wildman–Crippen LogP) is 4.44. The first kappa shape index (κ1) is 15.0. The van der Waals surface area contributed by atoms with Gasteiger partial charge in [-0.1, -0.05) is 26.7 Å². The van der Waals surface area contributed by atoms with Crippen LogP contribution in [0.15, 0.2) is 18.2 Å². The summed E-state index contributed by atoms with van der Waals surface area (Å²) in [5.41, 5.74) is 8.28. The average Bonchev–Trinajstić information content (AvgIpc) is 2.92. The van der Waals surface area contributed by atoms with E-state index in [4.69, 9.17) is 10.5 Å². The zero-order chi connectivity index (χ0) is 14.4. The lowest BCUT2D eigenvalue weighted by atomic mass is 9.83. The summed E-state index contributed by atoms with van der Waals surface area (Å²) >= 11 is 0. The molecule has 1 aromatic rings. The van der Waals surface area contributed by atoms with Crippen LogP contribution in [0, 0.1) is 5.41 Å². The molecule has 0 aliphatic heterocycles. The average molecular weight is 276 g/mol. The number of anilines is 2. The zero-order valence-corrected chi connectivity index (χ0v) is 12.9. The van der Waals surface area contributed by atoms with Crippen LogP contribution in [0.2, 0.25) is 0 Å². The first-order valence-electron chi connectivity index (χ1n) is 7.95. The van der Waals surface area contributed by atoms with Gasteiger partial charge in [0.1, 0.15) is 5.75 Å². The van der Waals surface area contributed by atoms with Crippen molar-refractivity contribution in [2.75, 3.05) is 24.2 Å². The minimum atomic E-state index is 0.481. The highest BCUT2D eigenvalue weighted by molar-refractivity contribution is 5.59. The number of hydrogen-bond donors (Lipinski definition) is 2. The molecule has 0 atom stereocenters. The maximum absolute atomic E-state index is 5.96. The number of nitrogens with one attached hydrogen (secondary N) is 1. The van der Waals surface area contributed by atoms with Gasteiger partial charge in [-0.3, -0.25) is 0 Å². The Morgan fingerprint density at radius 3 is 2.60 bits per heavy atom. The topological polar surface area (TPSA) is 47.3 Å². The quantitative estimate of drug-likeness (QED) is 0.724. The van der Waals surface area contributed by atoms with E-state index in [1.165, 1.54) is 32.1 Å². The third-order valence-corrected chi connectivity index (χ3v) is 4.48. The molecule has 2 rings (SSSR count). The van der Waals surface area contributed by atoms with Gasteiger partial charge < -0.3 is 15.8 Å². The maximum atomic E-state index is 5.96. The Morgan fingerprint density at radius 2 is 1.95 bits per heavy atom. The summed E-state index contributed by atoms with van der Waals surface area (Å²) in [7, 11) is 0. The van der Waals surface area contributed by atoms with Crippen LogP contribution in [0.3, 0.4) is 0 Å². The largest absolute Gasteiger partial charge is 0.493 e. The van der Waals surface area contributed by atoms with Crippen LogP contribution in [-0.2, 0) is 0 Å². The summed E-state index contributed by atoms with van der Waals surface area (Å²) < 4.78 is 5.68. The van der Waals surface area contributed by atoms with Crippen LogP contribution in [-0.4, -0.2) is 13.2 Å². The van der Waals surface area contributed by atoms with Crippen molar-refractivity contribution in [1.29, 1.82) is 0 Å². The number of nitrogen functional groups attached to an aromatic ring is 1. The smallest absolute Gasteiger partial charge is 0.123 e. The lowest BCUT2D eigenvalue weighted by Crippen LogP contribution is -2.25. The monoisotopic (exact) mass is 276 g/mol. The normalized spacial score (nSPS) is 17.1. The van der Waals surface area contributed by atoms with E-state index in [-0.39, 0.29) is 0 Å². The molecule has 1 aromatic carbocycles. The highest BCUT2D eigenvalue weighted by Gasteiger charge is 2.31. The SMILES string of the molecule is CCCOc1cc(N)cc(NCC2(CC)CCCC2)c1. The number of nitrogens with two attached hydrogens (primary N) is 1. The molecule has 0 amide bonds. The minimum Gasteiger partial charge on any atom is -0.493 e. The molecule has 0 heterocycles. The number of benzene rings is 1. The van der Waals surface area contributed by atoms with Gasteiger partial charge in [0.15, 0.2) is 0 Å². The lowest BCUT2D eigenvalue weighted by Gasteiger charge is -2.28. The second kappa shape index (κ2) is 6.87. The highest BCUT2D eigenvalue weighted by atomic mass is 16.5. The number of rotatable bonds is 7. The Bertz CT molecular complexity index is 425. The molecule has 1 aliphatic rings. The van der Waals surface area contributed by atoms with Gasteiger partial charge in [0, 0.05) is 30.1 Å². The Labute approximate surface area is 122 Å². The van der Waals surface area contributed by atoms with E-state index in [1.807, 2.05) is 12.1 Å². The minimum absolute atomic E-state index is 0.481. The van der Waals surface area contributed by atoms with Gasteiger partial charge in [-0.2, -0.15) is 0 Å². The fourth-order valence-corrected chi connectivity index (χ4v) is 3.10. The molecule has 112 valence electrons. The molecule has 0 bridgehead atoms. The fraction of sp³-hybridized carbons (Fsp3) is 0.647. The van der Waals surface area contributed by atoms with Crippen molar-refractivity contribution in [3.63, 3.8) is 0 Å². The summed E-state index contributed by atoms with van der Waals surface area (Å²) in [6.45, 7) is 6.20. The maximum Gasteiger partial charge on any atom is 0.123 e. The Morgan fingerprint density at radius 1 is 1.20 bits per heavy atom. The summed E-state index contributed by atoms with van der Waals surface area (Å²) in [6, 6.07) is 5.95. The van der Waals surface area contributed by atoms with Gasteiger partial charge >= 0.3 is 0 Å². The molecule has 1 aliphatic carbocycles. The van der Waals surface area contributed by atoms with Gasteiger partial charge in [-0.05, 0) is 37.2 Å². The van der Waals surface area contributed by atoms with Crippen LogP contribution in [0.1, 0.15) is 52.4 Å². The summed E-state index contributed by atoms with van der Waals surface area (Å²) in [5.74, 6) is 0.867. The van der Waals surface area contributed by atoms with Crippen molar-refractivity contribution in [1.82, 2.24) is 0 Å². The van der Waals surface area contributed by atoms with E-state index in [2.05, 4.69) is 25.2 Å². The number of ether oxygens (including phenoxy) is 1. The van der Waals surface area contributed by atoms with E-state index < -0.39 is 0 Å². The van der Waals surface area contributed by atoms with E-state index in [1.54, 1.807) is 0 Å². The molecule has 1 fully saturated rings. The molecule has 0 saturated heterocycles. The van der Waals surface area contributed by atoms with Crippen molar-refractivity contribution in [2.24, 2.45) is 5.41 Å². The molecule has 0 radical (unpaired) electrons. The van der Waals surface area contributed by atoms with Crippen LogP contribution in [0.5, 0.6) is 5.75 Å². The standard InChI is InChI=1S/C17H28N2O/c1-3-9-20-16-11-14(18)10-15(12-16)19-13-17(4-2)7-5-6-8-17/h10-12,19H,3-9,13,18H2,1-2H3. The van der Waals surface area contributed by atoms with Gasteiger partial charge in [0.2, 0.25) is 0 Å². The Hall–Kier alpha value is -1.38. The van der Waals surface area contributed by atoms with Crippen LogP contribution in [0.25, 0.3) is 0 Å². The molecule has 1 saturated carbocycles. The van der Waals surface area contributed by atoms with Crippen molar-refractivity contribution < 1.29 is 4.74 Å². The molecule has 3 nitrogen and oxygen atoms in total. The highest BCUT2D eigenvalue weighted by Crippen LogP contribution is 2.41. The van der Waals surface area contributed by atoms with Crippen molar-refractivity contribution in [3.8, 4) is 5.75 Å². The molecule has 0 spiro atoms. The second-order valence-electron chi connectivity index (χ2n) is 6.05. The summed E-state index contributed by atoms with van der Waals surface area (Å²) in [4.78, 5) is 0. The Kier molecular flexibility index (Phi) is 5.16. The van der Waals surface area contributed by atoms with Gasteiger partial charge in [0.25, 0.3) is 0 Å². The van der Waals surface area contributed by atoms with Gasteiger partial charge in [0.05, 0.1) is 6.61 Å². The van der Waals surface area contributed by atoms with Crippen LogP contribution in [0.4, 0.5) is 11.4 Å². The summed E-state index contributed by atoms with van der Waals surface area (Å²) in [6.07, 6.45) is 7.70. The van der Waals surface area contributed by atoms with E-state index in [0.29, 0.717) is 5.41 Å². The van der Waals surface area contributed by atoms with Crippen molar-refractivity contribution >= 4 is 11.4 Å². The molecule has 3 heteroatoms. The van der Waals surface area contributed by atoms with Crippen LogP contribution >= 0.6 is 0 Å². The number of hydrogen-bond acceptors (Lipinski definition) is 3. The van der Waals surface area contributed by atoms with Gasteiger partial charge in [-0.15, -0.1) is 0 Å². The summed E-state index contributed by atoms with van der Waals surface area (Å²) in [5, 5.41) is 3.58. The van der Waals surface area contributed by atoms with E-state index in [0.717, 1.165) is 36.7 Å². The Balaban J connectivity index is 1.99. The van der Waals surface area contributed by atoms with E-state index in [9.17, 15) is 0 Å².